The molecule has 0 unspecified atom stereocenters. The molecule has 0 aromatic carbocycles. The molecule has 0 atom stereocenters. The van der Waals surface area contributed by atoms with Crippen molar-refractivity contribution in [3.63, 3.8) is 0 Å². The van der Waals surface area contributed by atoms with Gasteiger partial charge in [-0.3, -0.25) is 0 Å². The molecule has 54 valence electrons. The van der Waals surface area contributed by atoms with Gasteiger partial charge in [0.15, 0.2) is 0 Å². The third-order valence-corrected chi connectivity index (χ3v) is 1.91. The van der Waals surface area contributed by atoms with Gasteiger partial charge >= 0.3 is 0 Å². The number of hydrogen-bond acceptors (Lipinski definition) is 0. The minimum absolute atomic E-state index is 0.698. The zero-order valence-electron chi connectivity index (χ0n) is 5.88. The van der Waals surface area contributed by atoms with Crippen molar-refractivity contribution in [2.45, 2.75) is 26.7 Å². The summed E-state index contributed by atoms with van der Waals surface area (Å²) in [6.07, 6.45) is 1.90. The van der Waals surface area contributed by atoms with Crippen LogP contribution in [0, 0.1) is 0 Å². The Hall–Kier alpha value is 0.320. The Labute approximate surface area is 66.8 Å². The second-order valence-electron chi connectivity index (χ2n) is 2.20. The molecule has 2 heteroatoms. The molecule has 0 aliphatic heterocycles. The second-order valence-corrected chi connectivity index (χ2v) is 3.03. The number of halogens is 2. The molecule has 9 heavy (non-hydrogen) atoms. The fourth-order valence-corrected chi connectivity index (χ4v) is 0.739. The van der Waals surface area contributed by atoms with Crippen molar-refractivity contribution >= 4 is 23.2 Å². The van der Waals surface area contributed by atoms with Gasteiger partial charge in [0, 0.05) is 10.9 Å². The normalized spacial score (nSPS) is 9.33. The molecule has 0 amide bonds. The first-order chi connectivity index (χ1) is 4.18. The quantitative estimate of drug-likeness (QED) is 0.564. The van der Waals surface area contributed by atoms with E-state index in [9.17, 15) is 0 Å². The molecule has 0 radical (unpaired) electrons. The zero-order valence-corrected chi connectivity index (χ0v) is 7.39. The van der Waals surface area contributed by atoms with Gasteiger partial charge < -0.3 is 0 Å². The monoisotopic (exact) mass is 166 g/mol. The summed E-state index contributed by atoms with van der Waals surface area (Å²) in [6, 6.07) is 0. The van der Waals surface area contributed by atoms with Crippen LogP contribution in [0.3, 0.4) is 0 Å². The summed E-state index contributed by atoms with van der Waals surface area (Å²) in [5.41, 5.74) is 1.20. The van der Waals surface area contributed by atoms with E-state index in [2.05, 4.69) is 0 Å². The average molecular weight is 167 g/mol. The molecule has 0 aromatic heterocycles. The van der Waals surface area contributed by atoms with Crippen LogP contribution in [0.1, 0.15) is 26.7 Å². The predicted molar refractivity (Wildman–Crippen MR) is 44.2 cm³/mol. The lowest BCUT2D eigenvalue weighted by atomic mass is 10.2. The van der Waals surface area contributed by atoms with Gasteiger partial charge in [-0.25, -0.2) is 0 Å². The van der Waals surface area contributed by atoms with Crippen LogP contribution in [0.2, 0.25) is 0 Å². The Bertz CT molecular complexity index is 101. The maximum atomic E-state index is 5.82. The average Bonchev–Trinajstić information content (AvgIpc) is 1.82. The Morgan fingerprint density at radius 2 is 1.89 bits per heavy atom. The molecule has 0 saturated heterocycles. The van der Waals surface area contributed by atoms with Crippen LogP contribution in [0.15, 0.2) is 10.6 Å². The summed E-state index contributed by atoms with van der Waals surface area (Å²) >= 11 is 11.3. The van der Waals surface area contributed by atoms with Crippen LogP contribution in [0.25, 0.3) is 0 Å². The van der Waals surface area contributed by atoms with Crippen LogP contribution in [-0.4, -0.2) is 5.88 Å². The molecule has 0 fully saturated rings. The van der Waals surface area contributed by atoms with Crippen LogP contribution in [0.4, 0.5) is 0 Å². The molecule has 0 heterocycles. The minimum Gasteiger partial charge on any atom is -0.127 e. The van der Waals surface area contributed by atoms with E-state index in [1.54, 1.807) is 0 Å². The van der Waals surface area contributed by atoms with Gasteiger partial charge in [0.1, 0.15) is 0 Å². The van der Waals surface area contributed by atoms with Crippen molar-refractivity contribution in [3.8, 4) is 0 Å². The molecule has 0 aliphatic rings. The van der Waals surface area contributed by atoms with E-state index in [4.69, 9.17) is 23.2 Å². The summed E-state index contributed by atoms with van der Waals surface area (Å²) in [5, 5.41) is 0.954. The molecule has 0 rings (SSSR count). The molecular formula is C7H12Cl2. The van der Waals surface area contributed by atoms with E-state index in [0.29, 0.717) is 5.88 Å². The smallest absolute Gasteiger partial charge is 0.0226 e. The van der Waals surface area contributed by atoms with E-state index < -0.39 is 0 Å². The Kier molecular flexibility index (Phi) is 5.31. The fourth-order valence-electron chi connectivity index (χ4n) is 0.472. The standard InChI is InChI=1S/C7H12Cl2/c1-6(2)7(9)4-3-5-8/h3-5H2,1-2H3. The van der Waals surface area contributed by atoms with Gasteiger partial charge in [-0.15, -0.1) is 11.6 Å². The number of alkyl halides is 1. The topological polar surface area (TPSA) is 0 Å². The Morgan fingerprint density at radius 1 is 1.33 bits per heavy atom. The number of hydrogen-bond donors (Lipinski definition) is 0. The lowest BCUT2D eigenvalue weighted by Crippen LogP contribution is -1.79. The molecule has 0 saturated carbocycles. The highest BCUT2D eigenvalue weighted by Gasteiger charge is 1.92. The highest BCUT2D eigenvalue weighted by molar-refractivity contribution is 6.29. The van der Waals surface area contributed by atoms with Crippen LogP contribution >= 0.6 is 23.2 Å². The molecule has 0 aromatic rings. The molecule has 0 N–H and O–H groups in total. The molecule has 0 nitrogen and oxygen atoms in total. The summed E-state index contributed by atoms with van der Waals surface area (Å²) in [5.74, 6) is 0.698. The lowest BCUT2D eigenvalue weighted by Gasteiger charge is -1.97. The number of rotatable bonds is 3. The van der Waals surface area contributed by atoms with E-state index in [0.717, 1.165) is 17.9 Å². The maximum Gasteiger partial charge on any atom is 0.0226 e. The van der Waals surface area contributed by atoms with Gasteiger partial charge in [-0.2, -0.15) is 0 Å². The first-order valence-electron chi connectivity index (χ1n) is 3.06. The highest BCUT2D eigenvalue weighted by Crippen LogP contribution is 2.14. The van der Waals surface area contributed by atoms with E-state index in [1.165, 1.54) is 5.57 Å². The van der Waals surface area contributed by atoms with Gasteiger partial charge in [-0.1, -0.05) is 17.2 Å². The van der Waals surface area contributed by atoms with Crippen molar-refractivity contribution in [2.24, 2.45) is 0 Å². The van der Waals surface area contributed by atoms with Crippen molar-refractivity contribution in [1.29, 1.82) is 0 Å². The van der Waals surface area contributed by atoms with Gasteiger partial charge in [0.25, 0.3) is 0 Å². The van der Waals surface area contributed by atoms with Crippen LogP contribution in [0.5, 0.6) is 0 Å². The van der Waals surface area contributed by atoms with Gasteiger partial charge in [-0.05, 0) is 26.7 Å². The van der Waals surface area contributed by atoms with E-state index >= 15 is 0 Å². The summed E-state index contributed by atoms with van der Waals surface area (Å²) in [6.45, 7) is 4.02. The van der Waals surface area contributed by atoms with Gasteiger partial charge in [0.05, 0.1) is 0 Å². The minimum atomic E-state index is 0.698. The highest BCUT2D eigenvalue weighted by atomic mass is 35.5. The molecule has 0 spiro atoms. The van der Waals surface area contributed by atoms with Crippen molar-refractivity contribution in [3.05, 3.63) is 10.6 Å². The third-order valence-electron chi connectivity index (χ3n) is 1.07. The first-order valence-corrected chi connectivity index (χ1v) is 3.97. The maximum absolute atomic E-state index is 5.82. The molecule has 0 bridgehead atoms. The molecule has 0 aliphatic carbocycles. The van der Waals surface area contributed by atoms with Gasteiger partial charge in [0.2, 0.25) is 0 Å². The summed E-state index contributed by atoms with van der Waals surface area (Å²) in [7, 11) is 0. The van der Waals surface area contributed by atoms with Crippen LogP contribution < -0.4 is 0 Å². The second kappa shape index (κ2) is 5.13. The Morgan fingerprint density at radius 3 is 2.22 bits per heavy atom. The summed E-state index contributed by atoms with van der Waals surface area (Å²) in [4.78, 5) is 0. The van der Waals surface area contributed by atoms with Crippen molar-refractivity contribution < 1.29 is 0 Å². The SMILES string of the molecule is CC(C)=C(Cl)CCCCl. The largest absolute Gasteiger partial charge is 0.127 e. The zero-order chi connectivity index (χ0) is 7.28. The van der Waals surface area contributed by atoms with Crippen molar-refractivity contribution in [2.75, 3.05) is 5.88 Å². The lowest BCUT2D eigenvalue weighted by molar-refractivity contribution is 0.940. The van der Waals surface area contributed by atoms with E-state index in [-0.39, 0.29) is 0 Å². The molecular weight excluding hydrogens is 155 g/mol. The Balaban J connectivity index is 3.50. The predicted octanol–water partition coefficient (Wildman–Crippen LogP) is 3.54. The fraction of sp³-hybridized carbons (Fsp3) is 0.714. The van der Waals surface area contributed by atoms with Crippen molar-refractivity contribution in [1.82, 2.24) is 0 Å². The summed E-state index contributed by atoms with van der Waals surface area (Å²) < 4.78 is 0. The first kappa shape index (κ1) is 9.32. The number of allylic oxidation sites excluding steroid dienone is 2. The third kappa shape index (κ3) is 4.80. The van der Waals surface area contributed by atoms with E-state index in [1.807, 2.05) is 13.8 Å². The van der Waals surface area contributed by atoms with Crippen LogP contribution in [-0.2, 0) is 0 Å².